The Balaban J connectivity index is 1.16. The van der Waals surface area contributed by atoms with E-state index in [1.165, 1.54) is 11.3 Å². The maximum atomic E-state index is 13.1. The van der Waals surface area contributed by atoms with Gasteiger partial charge in [-0.15, -0.1) is 0 Å². The molecule has 0 saturated carbocycles. The number of aliphatic hydroxyl groups is 1. The highest BCUT2D eigenvalue weighted by atomic mass is 16.5. The van der Waals surface area contributed by atoms with Gasteiger partial charge in [0.05, 0.1) is 5.60 Å². The van der Waals surface area contributed by atoms with E-state index in [0.29, 0.717) is 37.3 Å². The molecular formula is C29H31N5O5. The van der Waals surface area contributed by atoms with Gasteiger partial charge >= 0.3 is 0 Å². The molecule has 0 radical (unpaired) electrons. The fourth-order valence-corrected chi connectivity index (χ4v) is 6.24. The van der Waals surface area contributed by atoms with Crippen LogP contribution in [0.1, 0.15) is 60.2 Å². The van der Waals surface area contributed by atoms with Gasteiger partial charge in [0, 0.05) is 49.1 Å². The van der Waals surface area contributed by atoms with E-state index in [9.17, 15) is 19.5 Å². The summed E-state index contributed by atoms with van der Waals surface area (Å²) in [6.07, 6.45) is 2.40. The predicted molar refractivity (Wildman–Crippen MR) is 140 cm³/mol. The van der Waals surface area contributed by atoms with Crippen molar-refractivity contribution in [2.45, 2.75) is 57.8 Å². The summed E-state index contributed by atoms with van der Waals surface area (Å²) in [5.41, 5.74) is 2.65. The first-order valence-electron chi connectivity index (χ1n) is 13.2. The SMILES string of the molecule is CC1(C)CN(Cc2ccc(-c3ncon3)cc2)CC[C@]1(O)c1ccc2c(c1)CN([C@@H]1CCC(=O)NC1=O)C2=O. The molecule has 0 spiro atoms. The van der Waals surface area contributed by atoms with Gasteiger partial charge in [-0.2, -0.15) is 4.98 Å². The Morgan fingerprint density at radius 1 is 1.13 bits per heavy atom. The quantitative estimate of drug-likeness (QED) is 0.483. The summed E-state index contributed by atoms with van der Waals surface area (Å²) >= 11 is 0. The average molecular weight is 530 g/mol. The molecule has 2 fully saturated rings. The summed E-state index contributed by atoms with van der Waals surface area (Å²) in [7, 11) is 0. The molecule has 2 aromatic carbocycles. The molecule has 0 bridgehead atoms. The van der Waals surface area contributed by atoms with Gasteiger partial charge in [0.25, 0.3) is 5.91 Å². The zero-order valence-electron chi connectivity index (χ0n) is 22.0. The van der Waals surface area contributed by atoms with Crippen molar-refractivity contribution in [2.24, 2.45) is 5.41 Å². The lowest BCUT2D eigenvalue weighted by Gasteiger charge is -2.50. The number of likely N-dealkylation sites (tertiary alicyclic amines) is 1. The highest BCUT2D eigenvalue weighted by molar-refractivity contribution is 6.05. The third kappa shape index (κ3) is 4.43. The summed E-state index contributed by atoms with van der Waals surface area (Å²) in [6, 6.07) is 13.0. The monoisotopic (exact) mass is 529 g/mol. The number of aromatic nitrogens is 2. The molecule has 3 aromatic rings. The molecule has 0 aliphatic carbocycles. The second-order valence-corrected chi connectivity index (χ2v) is 11.4. The van der Waals surface area contributed by atoms with Gasteiger partial charge in [0.15, 0.2) is 0 Å². The van der Waals surface area contributed by atoms with Gasteiger partial charge in [-0.05, 0) is 35.6 Å². The fraction of sp³-hybridized carbons (Fsp3) is 0.414. The van der Waals surface area contributed by atoms with Crippen LogP contribution in [-0.4, -0.2) is 61.9 Å². The van der Waals surface area contributed by atoms with Crippen molar-refractivity contribution in [2.75, 3.05) is 13.1 Å². The fourth-order valence-electron chi connectivity index (χ4n) is 6.24. The zero-order chi connectivity index (χ0) is 27.4. The number of carbonyl (C=O) groups is 3. The molecular weight excluding hydrogens is 498 g/mol. The molecule has 2 saturated heterocycles. The second-order valence-electron chi connectivity index (χ2n) is 11.4. The number of nitrogens with zero attached hydrogens (tertiary/aromatic N) is 4. The van der Waals surface area contributed by atoms with Crippen LogP contribution < -0.4 is 5.32 Å². The first-order valence-corrected chi connectivity index (χ1v) is 13.2. The van der Waals surface area contributed by atoms with Gasteiger partial charge in [-0.3, -0.25) is 24.6 Å². The van der Waals surface area contributed by atoms with E-state index in [0.717, 1.165) is 28.8 Å². The third-order valence-corrected chi connectivity index (χ3v) is 8.51. The minimum atomic E-state index is -1.08. The average Bonchev–Trinajstić information content (AvgIpc) is 3.55. The molecule has 10 heteroatoms. The second kappa shape index (κ2) is 9.39. The molecule has 1 aromatic heterocycles. The number of fused-ring (bicyclic) bond motifs is 1. The molecule has 3 amide bonds. The van der Waals surface area contributed by atoms with Crippen LogP contribution in [-0.2, 0) is 28.3 Å². The number of hydrogen-bond donors (Lipinski definition) is 2. The summed E-state index contributed by atoms with van der Waals surface area (Å²) in [6.45, 7) is 6.60. The molecule has 3 aliphatic rings. The number of rotatable bonds is 5. The zero-order valence-corrected chi connectivity index (χ0v) is 22.0. The van der Waals surface area contributed by atoms with Crippen molar-refractivity contribution >= 4 is 17.7 Å². The predicted octanol–water partition coefficient (Wildman–Crippen LogP) is 2.62. The number of nitrogens with one attached hydrogen (secondary N) is 1. The van der Waals surface area contributed by atoms with E-state index in [1.807, 2.05) is 24.3 Å². The molecule has 4 heterocycles. The number of benzene rings is 2. The Morgan fingerprint density at radius 3 is 2.62 bits per heavy atom. The van der Waals surface area contributed by atoms with Crippen LogP contribution in [0.3, 0.4) is 0 Å². The lowest BCUT2D eigenvalue weighted by atomic mass is 9.66. The van der Waals surface area contributed by atoms with E-state index >= 15 is 0 Å². The van der Waals surface area contributed by atoms with Crippen molar-refractivity contribution in [1.29, 1.82) is 0 Å². The molecule has 2 N–H and O–H groups in total. The van der Waals surface area contributed by atoms with E-state index in [2.05, 4.69) is 46.3 Å². The summed E-state index contributed by atoms with van der Waals surface area (Å²) in [4.78, 5) is 45.0. The molecule has 39 heavy (non-hydrogen) atoms. The topological polar surface area (TPSA) is 129 Å². The largest absolute Gasteiger partial charge is 0.385 e. The van der Waals surface area contributed by atoms with Crippen LogP contribution in [0.5, 0.6) is 0 Å². The maximum Gasteiger partial charge on any atom is 0.255 e. The molecule has 3 aliphatic heterocycles. The maximum absolute atomic E-state index is 13.1. The number of carbonyl (C=O) groups excluding carboxylic acids is 3. The van der Waals surface area contributed by atoms with E-state index < -0.39 is 23.0 Å². The Labute approximate surface area is 226 Å². The van der Waals surface area contributed by atoms with Crippen LogP contribution in [0, 0.1) is 5.41 Å². The third-order valence-electron chi connectivity index (χ3n) is 8.51. The van der Waals surface area contributed by atoms with E-state index in [4.69, 9.17) is 4.52 Å². The van der Waals surface area contributed by atoms with E-state index in [-0.39, 0.29) is 24.8 Å². The Bertz CT molecular complexity index is 1430. The number of piperidine rings is 2. The van der Waals surface area contributed by atoms with Gasteiger partial charge < -0.3 is 14.5 Å². The molecule has 10 nitrogen and oxygen atoms in total. The summed E-state index contributed by atoms with van der Waals surface area (Å²) in [5.74, 6) is -0.386. The van der Waals surface area contributed by atoms with Crippen LogP contribution in [0.25, 0.3) is 11.4 Å². The van der Waals surface area contributed by atoms with Crippen LogP contribution in [0.4, 0.5) is 0 Å². The van der Waals surface area contributed by atoms with Crippen molar-refractivity contribution < 1.29 is 24.0 Å². The minimum Gasteiger partial charge on any atom is -0.385 e. The summed E-state index contributed by atoms with van der Waals surface area (Å²) < 4.78 is 4.83. The number of imide groups is 1. The first-order chi connectivity index (χ1) is 18.6. The Morgan fingerprint density at radius 2 is 1.92 bits per heavy atom. The van der Waals surface area contributed by atoms with Gasteiger partial charge in [0.2, 0.25) is 24.0 Å². The van der Waals surface area contributed by atoms with Crippen LogP contribution in [0.15, 0.2) is 53.4 Å². The number of amides is 3. The van der Waals surface area contributed by atoms with Crippen LogP contribution in [0.2, 0.25) is 0 Å². The van der Waals surface area contributed by atoms with Gasteiger partial charge in [-0.1, -0.05) is 55.4 Å². The van der Waals surface area contributed by atoms with Crippen molar-refractivity contribution in [3.63, 3.8) is 0 Å². The van der Waals surface area contributed by atoms with Crippen LogP contribution >= 0.6 is 0 Å². The lowest BCUT2D eigenvalue weighted by molar-refractivity contribution is -0.136. The highest BCUT2D eigenvalue weighted by Crippen LogP contribution is 2.47. The van der Waals surface area contributed by atoms with Crippen molar-refractivity contribution in [3.05, 3.63) is 71.1 Å². The Hall–Kier alpha value is -3.89. The lowest BCUT2D eigenvalue weighted by Crippen LogP contribution is -2.55. The normalized spacial score (nSPS) is 25.1. The van der Waals surface area contributed by atoms with Gasteiger partial charge in [-0.25, -0.2) is 0 Å². The van der Waals surface area contributed by atoms with Crippen molar-refractivity contribution in [1.82, 2.24) is 25.3 Å². The number of hydrogen-bond acceptors (Lipinski definition) is 8. The summed E-state index contributed by atoms with van der Waals surface area (Å²) in [5, 5.41) is 18.2. The molecule has 202 valence electrons. The first kappa shape index (κ1) is 25.4. The highest BCUT2D eigenvalue weighted by Gasteiger charge is 2.49. The standard InChI is InChI=1S/C29H31N5O5/c1-28(2)16-33(14-18-3-5-19(6-4-18)25-30-17-39-32-25)12-11-29(28,38)21-7-8-22-20(13-21)15-34(27(22)37)23-9-10-24(35)31-26(23)36/h3-8,13,17,23,38H,9-12,14-16H2,1-2H3,(H,31,35,36)/t23-,29+/m1/s1. The molecule has 6 rings (SSSR count). The van der Waals surface area contributed by atoms with E-state index in [1.54, 1.807) is 6.07 Å². The Kier molecular flexibility index (Phi) is 6.11. The molecule has 0 unspecified atom stereocenters. The van der Waals surface area contributed by atoms with Gasteiger partial charge in [0.1, 0.15) is 6.04 Å². The minimum absolute atomic E-state index is 0.211. The molecule has 2 atom stereocenters. The smallest absolute Gasteiger partial charge is 0.255 e. The van der Waals surface area contributed by atoms with Crippen molar-refractivity contribution in [3.8, 4) is 11.4 Å².